The number of rotatable bonds is 5. The summed E-state index contributed by atoms with van der Waals surface area (Å²) in [5, 5.41) is 12.1. The fraction of sp³-hybridized carbons (Fsp3) is 0.500. The number of nitriles is 1. The zero-order chi connectivity index (χ0) is 14.4. The lowest BCUT2D eigenvalue weighted by Crippen LogP contribution is -2.31. The van der Waals surface area contributed by atoms with Gasteiger partial charge in [-0.3, -0.25) is 4.79 Å². The van der Waals surface area contributed by atoms with Gasteiger partial charge in [0.2, 0.25) is 5.91 Å². The molecule has 1 aromatic carbocycles. The molecule has 2 rings (SSSR count). The molecule has 0 bridgehead atoms. The molecule has 1 saturated heterocycles. The zero-order valence-electron chi connectivity index (χ0n) is 11.9. The zero-order valence-corrected chi connectivity index (χ0v) is 11.9. The maximum absolute atomic E-state index is 11.9. The maximum atomic E-state index is 11.9. The standard InChI is InChI=1S/C16H21N3O/c1-13(15-6-4-14(12-17)5-7-15)18-9-8-16(20)19-10-2-3-11-19/h4-7,13,18H,2-3,8-11H2,1H3. The van der Waals surface area contributed by atoms with Crippen LogP contribution in [0.4, 0.5) is 0 Å². The number of carbonyl (C=O) groups excluding carboxylic acids is 1. The molecule has 4 heteroatoms. The molecule has 1 amide bonds. The van der Waals surface area contributed by atoms with Crippen LogP contribution >= 0.6 is 0 Å². The van der Waals surface area contributed by atoms with E-state index in [-0.39, 0.29) is 11.9 Å². The summed E-state index contributed by atoms with van der Waals surface area (Å²) < 4.78 is 0. The predicted octanol–water partition coefficient (Wildman–Crippen LogP) is 2.22. The number of carbonyl (C=O) groups is 1. The highest BCUT2D eigenvalue weighted by atomic mass is 16.2. The second-order valence-electron chi connectivity index (χ2n) is 5.25. The predicted molar refractivity (Wildman–Crippen MR) is 78.0 cm³/mol. The number of nitrogens with zero attached hydrogens (tertiary/aromatic N) is 2. The van der Waals surface area contributed by atoms with Crippen molar-refractivity contribution in [2.75, 3.05) is 19.6 Å². The number of hydrogen-bond donors (Lipinski definition) is 1. The highest BCUT2D eigenvalue weighted by Crippen LogP contribution is 2.13. The Morgan fingerprint density at radius 3 is 2.60 bits per heavy atom. The van der Waals surface area contributed by atoms with Crippen LogP contribution in [0.1, 0.15) is 43.4 Å². The van der Waals surface area contributed by atoms with Gasteiger partial charge in [-0.2, -0.15) is 5.26 Å². The monoisotopic (exact) mass is 271 g/mol. The van der Waals surface area contributed by atoms with Gasteiger partial charge in [0, 0.05) is 32.1 Å². The average Bonchev–Trinajstić information content (AvgIpc) is 3.01. The van der Waals surface area contributed by atoms with E-state index in [0.717, 1.165) is 31.5 Å². The van der Waals surface area contributed by atoms with Crippen LogP contribution in [0.15, 0.2) is 24.3 Å². The van der Waals surface area contributed by atoms with E-state index in [1.807, 2.05) is 29.2 Å². The van der Waals surface area contributed by atoms with E-state index in [9.17, 15) is 4.79 Å². The first-order valence-corrected chi connectivity index (χ1v) is 7.22. The Bertz CT molecular complexity index is 483. The normalized spacial score (nSPS) is 15.9. The fourth-order valence-corrected chi connectivity index (χ4v) is 2.48. The third-order valence-corrected chi connectivity index (χ3v) is 3.79. The van der Waals surface area contributed by atoms with Gasteiger partial charge >= 0.3 is 0 Å². The van der Waals surface area contributed by atoms with E-state index in [1.165, 1.54) is 0 Å². The van der Waals surface area contributed by atoms with Crippen molar-refractivity contribution in [1.29, 1.82) is 5.26 Å². The Hall–Kier alpha value is -1.86. The topological polar surface area (TPSA) is 56.1 Å². The third-order valence-electron chi connectivity index (χ3n) is 3.79. The van der Waals surface area contributed by atoms with Crippen molar-refractivity contribution >= 4 is 5.91 Å². The summed E-state index contributed by atoms with van der Waals surface area (Å²) in [6, 6.07) is 9.86. The van der Waals surface area contributed by atoms with Gasteiger partial charge in [-0.1, -0.05) is 12.1 Å². The van der Waals surface area contributed by atoms with Gasteiger partial charge in [0.25, 0.3) is 0 Å². The van der Waals surface area contributed by atoms with Gasteiger partial charge in [-0.25, -0.2) is 0 Å². The van der Waals surface area contributed by atoms with Crippen LogP contribution in [0.5, 0.6) is 0 Å². The highest BCUT2D eigenvalue weighted by molar-refractivity contribution is 5.76. The van der Waals surface area contributed by atoms with E-state index in [4.69, 9.17) is 5.26 Å². The van der Waals surface area contributed by atoms with Crippen LogP contribution in [0.2, 0.25) is 0 Å². The van der Waals surface area contributed by atoms with E-state index < -0.39 is 0 Å². The Kier molecular flexibility index (Phi) is 5.14. The minimum Gasteiger partial charge on any atom is -0.343 e. The maximum Gasteiger partial charge on any atom is 0.223 e. The van der Waals surface area contributed by atoms with Crippen molar-refractivity contribution in [1.82, 2.24) is 10.2 Å². The summed E-state index contributed by atoms with van der Waals surface area (Å²) in [5.74, 6) is 0.252. The van der Waals surface area contributed by atoms with Crippen molar-refractivity contribution in [2.45, 2.75) is 32.2 Å². The van der Waals surface area contributed by atoms with Gasteiger partial charge < -0.3 is 10.2 Å². The largest absolute Gasteiger partial charge is 0.343 e. The molecule has 1 fully saturated rings. The number of nitrogens with one attached hydrogen (secondary N) is 1. The molecule has 0 radical (unpaired) electrons. The molecule has 1 N–H and O–H groups in total. The van der Waals surface area contributed by atoms with E-state index in [1.54, 1.807) is 0 Å². The number of amides is 1. The first kappa shape index (κ1) is 14.5. The second kappa shape index (κ2) is 7.06. The Balaban J connectivity index is 1.75. The molecule has 1 aliphatic rings. The molecule has 1 aliphatic heterocycles. The van der Waals surface area contributed by atoms with Crippen LogP contribution in [0.3, 0.4) is 0 Å². The average molecular weight is 271 g/mol. The summed E-state index contributed by atoms with van der Waals surface area (Å²) in [4.78, 5) is 13.8. The van der Waals surface area contributed by atoms with Crippen LogP contribution in [0.25, 0.3) is 0 Å². The Morgan fingerprint density at radius 2 is 2.00 bits per heavy atom. The van der Waals surface area contributed by atoms with Crippen LogP contribution in [0, 0.1) is 11.3 Å². The molecule has 20 heavy (non-hydrogen) atoms. The highest BCUT2D eigenvalue weighted by Gasteiger charge is 2.17. The molecule has 0 aromatic heterocycles. The van der Waals surface area contributed by atoms with Crippen LogP contribution < -0.4 is 5.32 Å². The van der Waals surface area contributed by atoms with Gasteiger partial charge in [0.1, 0.15) is 0 Å². The van der Waals surface area contributed by atoms with Gasteiger partial charge in [0.15, 0.2) is 0 Å². The minimum atomic E-state index is 0.189. The fourth-order valence-electron chi connectivity index (χ4n) is 2.48. The lowest BCUT2D eigenvalue weighted by Gasteiger charge is -2.17. The quantitative estimate of drug-likeness (QED) is 0.893. The summed E-state index contributed by atoms with van der Waals surface area (Å²) in [7, 11) is 0. The van der Waals surface area contributed by atoms with Crippen molar-refractivity contribution < 1.29 is 4.79 Å². The Morgan fingerprint density at radius 1 is 1.35 bits per heavy atom. The van der Waals surface area contributed by atoms with Crippen molar-refractivity contribution in [3.63, 3.8) is 0 Å². The van der Waals surface area contributed by atoms with Gasteiger partial charge in [-0.05, 0) is 37.5 Å². The lowest BCUT2D eigenvalue weighted by molar-refractivity contribution is -0.130. The lowest BCUT2D eigenvalue weighted by atomic mass is 10.1. The Labute approximate surface area is 120 Å². The number of benzene rings is 1. The molecule has 1 unspecified atom stereocenters. The molecular formula is C16H21N3O. The second-order valence-corrected chi connectivity index (χ2v) is 5.25. The summed E-state index contributed by atoms with van der Waals surface area (Å²) >= 11 is 0. The van der Waals surface area contributed by atoms with E-state index >= 15 is 0 Å². The molecule has 4 nitrogen and oxygen atoms in total. The number of hydrogen-bond acceptors (Lipinski definition) is 3. The molecule has 0 spiro atoms. The van der Waals surface area contributed by atoms with E-state index in [2.05, 4.69) is 18.3 Å². The van der Waals surface area contributed by atoms with Crippen LogP contribution in [-0.2, 0) is 4.79 Å². The molecule has 106 valence electrons. The van der Waals surface area contributed by atoms with Crippen molar-refractivity contribution in [2.24, 2.45) is 0 Å². The third kappa shape index (κ3) is 3.82. The van der Waals surface area contributed by atoms with Crippen LogP contribution in [-0.4, -0.2) is 30.4 Å². The number of likely N-dealkylation sites (tertiary alicyclic amines) is 1. The van der Waals surface area contributed by atoms with Crippen molar-refractivity contribution in [3.8, 4) is 6.07 Å². The molecule has 1 atom stereocenters. The summed E-state index contributed by atoms with van der Waals surface area (Å²) in [6.45, 7) is 4.60. The first-order chi connectivity index (χ1) is 9.70. The molecule has 0 saturated carbocycles. The van der Waals surface area contributed by atoms with Crippen molar-refractivity contribution in [3.05, 3.63) is 35.4 Å². The van der Waals surface area contributed by atoms with E-state index in [0.29, 0.717) is 18.5 Å². The molecule has 1 heterocycles. The minimum absolute atomic E-state index is 0.189. The summed E-state index contributed by atoms with van der Waals surface area (Å²) in [6.07, 6.45) is 2.84. The van der Waals surface area contributed by atoms with Gasteiger partial charge in [-0.15, -0.1) is 0 Å². The molecule has 1 aromatic rings. The molecule has 0 aliphatic carbocycles. The smallest absolute Gasteiger partial charge is 0.223 e. The molecular weight excluding hydrogens is 250 g/mol. The van der Waals surface area contributed by atoms with Gasteiger partial charge in [0.05, 0.1) is 11.6 Å². The summed E-state index contributed by atoms with van der Waals surface area (Å²) in [5.41, 5.74) is 1.81. The SMILES string of the molecule is CC(NCCC(=O)N1CCCC1)c1ccc(C#N)cc1. The first-order valence-electron chi connectivity index (χ1n) is 7.22.